The van der Waals surface area contributed by atoms with Crippen LogP contribution in [0.4, 0.5) is 0 Å². The van der Waals surface area contributed by atoms with Crippen molar-refractivity contribution in [2.45, 2.75) is 104 Å². The van der Waals surface area contributed by atoms with E-state index in [0.29, 0.717) is 0 Å². The zero-order valence-electron chi connectivity index (χ0n) is 26.1. The molecule has 0 nitrogen and oxygen atoms in total. The smallest absolute Gasteiger partial charge is 0.0358 e. The van der Waals surface area contributed by atoms with E-state index in [1.807, 2.05) is 34.0 Å². The second kappa shape index (κ2) is 15.0. The molecule has 3 heterocycles. The van der Waals surface area contributed by atoms with Gasteiger partial charge in [-0.15, -0.1) is 34.0 Å². The van der Waals surface area contributed by atoms with Crippen LogP contribution in [0, 0.1) is 0 Å². The summed E-state index contributed by atoms with van der Waals surface area (Å²) in [4.78, 5) is 5.89. The molecule has 224 valence electrons. The van der Waals surface area contributed by atoms with Crippen molar-refractivity contribution >= 4 is 65.6 Å². The van der Waals surface area contributed by atoms with E-state index in [4.69, 9.17) is 0 Å². The first-order chi connectivity index (χ1) is 21.3. The molecule has 6 rings (SSSR count). The minimum atomic E-state index is 1.20. The monoisotopic (exact) mass is 622 g/mol. The molecule has 0 spiro atoms. The standard InChI is InChI=1S/C40H46S3/c1-3-5-7-9-11-13-17-30-21-23-36(42-30)39-32-19-15-16-20-33(32)40(35-28-38-29(25-26-41-38)27-34(35)39)37-24-22-31(43-37)18-14-12-10-8-6-4-2/h15-16,19-28H,3-14,17-18H2,1-2H3. The maximum absolute atomic E-state index is 2.48. The second-order valence-corrected chi connectivity index (χ2v) is 15.5. The SMILES string of the molecule is CCCCCCCCc1ccc(-c2c3ccccc3c(-c3ccc(CCCCCCCC)s3)c3cc4sccc4cc23)s1. The summed E-state index contributed by atoms with van der Waals surface area (Å²) < 4.78 is 1.38. The third-order valence-electron chi connectivity index (χ3n) is 8.97. The summed E-state index contributed by atoms with van der Waals surface area (Å²) in [6, 6.07) is 26.0. The van der Waals surface area contributed by atoms with E-state index in [2.05, 4.69) is 86.0 Å². The second-order valence-electron chi connectivity index (χ2n) is 12.2. The van der Waals surface area contributed by atoms with Crippen molar-refractivity contribution in [3.05, 3.63) is 81.9 Å². The van der Waals surface area contributed by atoms with Crippen LogP contribution in [0.1, 0.15) is 101 Å². The normalized spacial score (nSPS) is 11.9. The highest BCUT2D eigenvalue weighted by atomic mass is 32.1. The molecule has 0 saturated carbocycles. The van der Waals surface area contributed by atoms with Gasteiger partial charge < -0.3 is 0 Å². The summed E-state index contributed by atoms with van der Waals surface area (Å²) in [5.74, 6) is 0. The molecule has 0 saturated heterocycles. The number of benzene rings is 3. The van der Waals surface area contributed by atoms with Crippen molar-refractivity contribution in [1.82, 2.24) is 0 Å². The van der Waals surface area contributed by atoms with Crippen LogP contribution in [0.5, 0.6) is 0 Å². The summed E-state index contributed by atoms with van der Waals surface area (Å²) in [7, 11) is 0. The summed E-state index contributed by atoms with van der Waals surface area (Å²) in [5, 5.41) is 9.19. The van der Waals surface area contributed by atoms with Gasteiger partial charge in [-0.25, -0.2) is 0 Å². The van der Waals surface area contributed by atoms with Crippen LogP contribution in [0.3, 0.4) is 0 Å². The molecule has 0 atom stereocenters. The lowest BCUT2D eigenvalue weighted by atomic mass is 9.90. The predicted molar refractivity (Wildman–Crippen MR) is 198 cm³/mol. The molecule has 3 aromatic carbocycles. The molecule has 0 aliphatic heterocycles. The van der Waals surface area contributed by atoms with Crippen molar-refractivity contribution in [2.75, 3.05) is 0 Å². The van der Waals surface area contributed by atoms with E-state index in [9.17, 15) is 0 Å². The van der Waals surface area contributed by atoms with E-state index in [0.717, 1.165) is 0 Å². The van der Waals surface area contributed by atoms with E-state index in [1.165, 1.54) is 152 Å². The number of thiophene rings is 3. The average Bonchev–Trinajstić information content (AvgIpc) is 3.80. The maximum atomic E-state index is 2.48. The molecular formula is C40H46S3. The first kappa shape index (κ1) is 30.6. The van der Waals surface area contributed by atoms with Gasteiger partial charge in [0.05, 0.1) is 0 Å². The lowest BCUT2D eigenvalue weighted by Gasteiger charge is -2.16. The molecule has 43 heavy (non-hydrogen) atoms. The van der Waals surface area contributed by atoms with Gasteiger partial charge >= 0.3 is 0 Å². The number of unbranched alkanes of at least 4 members (excludes halogenated alkanes) is 10. The Morgan fingerprint density at radius 2 is 1.00 bits per heavy atom. The molecule has 6 aromatic rings. The van der Waals surface area contributed by atoms with Crippen molar-refractivity contribution in [3.63, 3.8) is 0 Å². The Labute approximate surface area is 270 Å². The highest BCUT2D eigenvalue weighted by Crippen LogP contribution is 2.48. The molecule has 0 aliphatic carbocycles. The number of rotatable bonds is 16. The fourth-order valence-corrected chi connectivity index (χ4v) is 9.67. The third-order valence-corrected chi connectivity index (χ3v) is 12.2. The van der Waals surface area contributed by atoms with E-state index in [1.54, 1.807) is 0 Å². The minimum Gasteiger partial charge on any atom is -0.144 e. The minimum absolute atomic E-state index is 1.20. The maximum Gasteiger partial charge on any atom is 0.0358 e. The number of hydrogen-bond acceptors (Lipinski definition) is 3. The van der Waals surface area contributed by atoms with Crippen LogP contribution in [0.15, 0.2) is 72.1 Å². The molecule has 0 fully saturated rings. The Morgan fingerprint density at radius 1 is 0.488 bits per heavy atom. The Kier molecular flexibility index (Phi) is 10.7. The van der Waals surface area contributed by atoms with Crippen LogP contribution in [0.2, 0.25) is 0 Å². The zero-order valence-corrected chi connectivity index (χ0v) is 28.5. The Bertz CT molecular complexity index is 1630. The van der Waals surface area contributed by atoms with Gasteiger partial charge in [0, 0.05) is 35.3 Å². The van der Waals surface area contributed by atoms with Crippen molar-refractivity contribution < 1.29 is 0 Å². The van der Waals surface area contributed by atoms with Gasteiger partial charge in [-0.2, -0.15) is 0 Å². The predicted octanol–water partition coefficient (Wildman–Crippen LogP) is 14.5. The summed E-state index contributed by atoms with van der Waals surface area (Å²) in [6.45, 7) is 4.59. The Balaban J connectivity index is 1.37. The summed E-state index contributed by atoms with van der Waals surface area (Å²) in [5.41, 5.74) is 2.85. The lowest BCUT2D eigenvalue weighted by molar-refractivity contribution is 0.609. The molecule has 0 aliphatic rings. The average molecular weight is 623 g/mol. The van der Waals surface area contributed by atoms with Gasteiger partial charge in [-0.3, -0.25) is 0 Å². The molecule has 0 bridgehead atoms. The van der Waals surface area contributed by atoms with Crippen LogP contribution in [0.25, 0.3) is 52.5 Å². The third kappa shape index (κ3) is 7.11. The topological polar surface area (TPSA) is 0 Å². The lowest BCUT2D eigenvalue weighted by Crippen LogP contribution is -1.88. The fraction of sp³-hybridized carbons (Fsp3) is 0.400. The highest BCUT2D eigenvalue weighted by molar-refractivity contribution is 7.17. The van der Waals surface area contributed by atoms with E-state index in [-0.39, 0.29) is 0 Å². The molecule has 0 radical (unpaired) electrons. The van der Waals surface area contributed by atoms with Crippen LogP contribution >= 0.6 is 34.0 Å². The molecule has 3 aromatic heterocycles. The zero-order chi connectivity index (χ0) is 29.4. The number of hydrogen-bond donors (Lipinski definition) is 0. The van der Waals surface area contributed by atoms with Crippen molar-refractivity contribution in [3.8, 4) is 20.9 Å². The fourth-order valence-electron chi connectivity index (χ4n) is 6.62. The molecule has 0 amide bonds. The van der Waals surface area contributed by atoms with Crippen LogP contribution in [-0.2, 0) is 12.8 Å². The number of fused-ring (bicyclic) bond motifs is 3. The number of aryl methyl sites for hydroxylation is 2. The summed E-state index contributed by atoms with van der Waals surface area (Å²) >= 11 is 5.90. The van der Waals surface area contributed by atoms with Crippen LogP contribution < -0.4 is 0 Å². The van der Waals surface area contributed by atoms with Gasteiger partial charge in [-0.05, 0) is 100 Å². The van der Waals surface area contributed by atoms with Crippen molar-refractivity contribution in [2.24, 2.45) is 0 Å². The van der Waals surface area contributed by atoms with Gasteiger partial charge in [0.25, 0.3) is 0 Å². The van der Waals surface area contributed by atoms with E-state index >= 15 is 0 Å². The first-order valence-electron chi connectivity index (χ1n) is 16.8. The van der Waals surface area contributed by atoms with Gasteiger partial charge in [0.2, 0.25) is 0 Å². The molecular weight excluding hydrogens is 577 g/mol. The van der Waals surface area contributed by atoms with Gasteiger partial charge in [-0.1, -0.05) is 102 Å². The summed E-state index contributed by atoms with van der Waals surface area (Å²) in [6.07, 6.45) is 18.6. The molecule has 0 N–H and O–H groups in total. The Hall–Kier alpha value is -2.46. The van der Waals surface area contributed by atoms with Gasteiger partial charge in [0.15, 0.2) is 0 Å². The van der Waals surface area contributed by atoms with Gasteiger partial charge in [0.1, 0.15) is 0 Å². The first-order valence-corrected chi connectivity index (χ1v) is 19.3. The molecule has 0 unspecified atom stereocenters. The Morgan fingerprint density at radius 3 is 1.56 bits per heavy atom. The van der Waals surface area contributed by atoms with Crippen molar-refractivity contribution in [1.29, 1.82) is 0 Å². The highest BCUT2D eigenvalue weighted by Gasteiger charge is 2.20. The molecule has 3 heteroatoms. The van der Waals surface area contributed by atoms with Crippen LogP contribution in [-0.4, -0.2) is 0 Å². The quantitative estimate of drug-likeness (QED) is 0.0744. The largest absolute Gasteiger partial charge is 0.144 e. The van der Waals surface area contributed by atoms with E-state index < -0.39 is 0 Å².